The summed E-state index contributed by atoms with van der Waals surface area (Å²) < 4.78 is 0. The molecule has 0 fully saturated rings. The maximum absolute atomic E-state index is 0. The Hall–Kier alpha value is 5.62. The molecule has 0 amide bonds. The van der Waals surface area contributed by atoms with Gasteiger partial charge in [-0.25, -0.2) is 0 Å². The van der Waals surface area contributed by atoms with E-state index in [0.29, 0.717) is 0 Å². The van der Waals surface area contributed by atoms with Crippen molar-refractivity contribution in [2.45, 2.75) is 0 Å². The molecule has 0 aromatic heterocycles. The Labute approximate surface area is 179 Å². The first-order valence-electron chi connectivity index (χ1n) is 0. The topological polar surface area (TPSA) is 0 Å². The van der Waals surface area contributed by atoms with Crippen LogP contribution in [-0.2, 0) is 74.6 Å². The van der Waals surface area contributed by atoms with E-state index in [0.717, 1.165) is 0 Å². The average molecular weight is 679 g/mol. The van der Waals surface area contributed by atoms with Crippen LogP contribution < -0.4 is 0 Å². The average Bonchev–Trinajstić information content (AvgIpc) is 0. The summed E-state index contributed by atoms with van der Waals surface area (Å²) in [6.45, 7) is 0. The van der Waals surface area contributed by atoms with Crippen LogP contribution in [0.1, 0.15) is 0 Å². The second-order valence-corrected chi connectivity index (χ2v) is 0. The molecule has 0 saturated heterocycles. The van der Waals surface area contributed by atoms with Crippen LogP contribution in [-0.4, -0.2) is 108 Å². The van der Waals surface area contributed by atoms with Gasteiger partial charge in [-0.1, -0.05) is 0 Å². The third-order valence-electron chi connectivity index (χ3n) is 0. The predicted molar refractivity (Wildman–Crippen MR) is 62.0 cm³/mol. The van der Waals surface area contributed by atoms with Crippen molar-refractivity contribution in [3.63, 3.8) is 0 Å². The van der Waals surface area contributed by atoms with Gasteiger partial charge in [0.1, 0.15) is 0 Å². The Bertz CT molecular complexity index is 22.5. The fourth-order valence-electron chi connectivity index (χ4n) is 0. The minimum absolute atomic E-state index is 0. The molecule has 0 heterocycles. The fourth-order valence-corrected chi connectivity index (χ4v) is 0. The van der Waals surface area contributed by atoms with Crippen LogP contribution in [0, 0.1) is 0 Å². The Morgan fingerprint density at radius 1 is 0.500 bits per heavy atom. The molecule has 0 unspecified atom stereocenters. The summed E-state index contributed by atoms with van der Waals surface area (Å²) in [7, 11) is 0. The molecular weight excluding hydrogens is 671 g/mol. The summed E-state index contributed by atoms with van der Waals surface area (Å²) in [5.74, 6) is 0. The van der Waals surface area contributed by atoms with E-state index < -0.39 is 0 Å². The monoisotopic (exact) mass is 677 g/mol. The van der Waals surface area contributed by atoms with Crippen molar-refractivity contribution in [3.05, 3.63) is 0 Å². The molecule has 0 atom stereocenters. The van der Waals surface area contributed by atoms with Gasteiger partial charge in [0.05, 0.1) is 0 Å². The van der Waals surface area contributed by atoms with Crippen molar-refractivity contribution < 1.29 is 34.1 Å². The Morgan fingerprint density at radius 3 is 0.500 bits per heavy atom. The molecule has 0 N–H and O–H groups in total. The molecule has 0 spiro atoms. The number of hydrogen-bond acceptors (Lipinski definition) is 0. The van der Waals surface area contributed by atoms with E-state index in [1.165, 1.54) is 0 Å². The number of rotatable bonds is 0. The van der Waals surface area contributed by atoms with E-state index in [1.807, 2.05) is 0 Å². The minimum atomic E-state index is 0. The quantitative estimate of drug-likeness (QED) is 0.229. The second-order valence-electron chi connectivity index (χ2n) is 0. The van der Waals surface area contributed by atoms with Crippen LogP contribution in [0.2, 0.25) is 0 Å². The Balaban J connectivity index is 0. The van der Waals surface area contributed by atoms with Crippen LogP contribution in [0.15, 0.2) is 0 Å². The van der Waals surface area contributed by atoms with Crippen molar-refractivity contribution in [3.8, 4) is 0 Å². The van der Waals surface area contributed by atoms with Crippen LogP contribution in [0.25, 0.3) is 0 Å². The van der Waals surface area contributed by atoms with Crippen molar-refractivity contribution >= 4 is 149 Å². The fraction of sp³-hybridized carbons (Fsp3) is 0. The van der Waals surface area contributed by atoms with Gasteiger partial charge in [-0.3, -0.25) is 0 Å². The molecule has 0 rings (SSSR count). The van der Waals surface area contributed by atoms with Crippen LogP contribution >= 0.6 is 0 Å². The molecule has 0 aromatic carbocycles. The van der Waals surface area contributed by atoms with Crippen molar-refractivity contribution in [1.29, 1.82) is 0 Å². The Kier molecular flexibility index (Phi) is 907. The van der Waals surface area contributed by atoms with Gasteiger partial charge in [-0.05, 0) is 0 Å². The molecule has 0 aromatic rings. The van der Waals surface area contributed by atoms with Gasteiger partial charge in [-0.2, -0.15) is 0 Å². The second kappa shape index (κ2) is 85.9. The molecule has 10 heteroatoms. The van der Waals surface area contributed by atoms with E-state index in [9.17, 15) is 0 Å². The molecule has 0 aliphatic carbocycles. The van der Waals surface area contributed by atoms with Gasteiger partial charge < -0.3 is 40.5 Å². The van der Waals surface area contributed by atoms with Crippen molar-refractivity contribution in [2.75, 3.05) is 0 Å². The van der Waals surface area contributed by atoms with E-state index >= 15 is 0 Å². The zero-order valence-corrected chi connectivity index (χ0v) is 14.8. The van der Waals surface area contributed by atoms with Crippen molar-refractivity contribution in [2.24, 2.45) is 0 Å². The van der Waals surface area contributed by atoms with Gasteiger partial charge >= 0.3 is 108 Å². The van der Waals surface area contributed by atoms with Crippen LogP contribution in [0.3, 0.4) is 0 Å². The van der Waals surface area contributed by atoms with Gasteiger partial charge in [0, 0.05) is 34.1 Å². The SMILES string of the molecule is [Cu].[Cu].[Ga+3].[Ga+3].[InH3].[InH3].[S-2].[S-2].[S-2].[SeH2]. The first-order chi connectivity index (χ1) is 0. The first kappa shape index (κ1) is 106. The summed E-state index contributed by atoms with van der Waals surface area (Å²) >= 11 is 0. The van der Waals surface area contributed by atoms with Gasteiger partial charge in [0.25, 0.3) is 0 Å². The summed E-state index contributed by atoms with van der Waals surface area (Å²) in [5.41, 5.74) is 0. The van der Waals surface area contributed by atoms with E-state index in [1.54, 1.807) is 0 Å². The van der Waals surface area contributed by atoms with Gasteiger partial charge in [0.15, 0.2) is 0 Å². The molecule has 10 heavy (non-hydrogen) atoms. The van der Waals surface area contributed by atoms with E-state index in [2.05, 4.69) is 0 Å². The normalized spacial score (nSPS) is 0. The molecule has 0 nitrogen and oxygen atoms in total. The zero-order chi connectivity index (χ0) is 0. The van der Waals surface area contributed by atoms with Crippen LogP contribution in [0.5, 0.6) is 0 Å². The molecule has 0 aliphatic rings. The molecule has 0 saturated carbocycles. The summed E-state index contributed by atoms with van der Waals surface area (Å²) in [6.07, 6.45) is 0. The third kappa shape index (κ3) is 68.7. The molecule has 2 radical (unpaired) electrons. The maximum atomic E-state index is 0. The molecular formula is H8Cu2Ga2In2S3Se. The molecule has 66 valence electrons. The van der Waals surface area contributed by atoms with Crippen LogP contribution in [0.4, 0.5) is 0 Å². The van der Waals surface area contributed by atoms with Gasteiger partial charge in [0.2, 0.25) is 0 Å². The van der Waals surface area contributed by atoms with Gasteiger partial charge in [-0.15, -0.1) is 0 Å². The third-order valence-corrected chi connectivity index (χ3v) is 0. The van der Waals surface area contributed by atoms with E-state index in [-0.39, 0.29) is 183 Å². The van der Waals surface area contributed by atoms with Crippen molar-refractivity contribution in [1.82, 2.24) is 0 Å². The molecule has 0 aliphatic heterocycles. The standard InChI is InChI=1S/2Cu.2Ga.2In.3S.H2Se.6H/h;;;;;;;;;1H2;;;;;;/q;;2*+3;;;3*-2;;;;;;;. The number of hydrogen-bond donors (Lipinski definition) is 0. The summed E-state index contributed by atoms with van der Waals surface area (Å²) in [4.78, 5) is 0. The summed E-state index contributed by atoms with van der Waals surface area (Å²) in [5, 5.41) is 0. The predicted octanol–water partition coefficient (Wildman–Crippen LogP) is -4.06. The zero-order valence-electron chi connectivity index (χ0n) is 3.48. The molecule has 0 bridgehead atoms. The van der Waals surface area contributed by atoms with E-state index in [4.69, 9.17) is 0 Å². The summed E-state index contributed by atoms with van der Waals surface area (Å²) in [6, 6.07) is 0. The Morgan fingerprint density at radius 2 is 0.500 bits per heavy atom. The first-order valence-corrected chi connectivity index (χ1v) is 0.